The number of hydrogen-bond acceptors (Lipinski definition) is 4. The van der Waals surface area contributed by atoms with Crippen molar-refractivity contribution in [2.45, 2.75) is 6.17 Å². The van der Waals surface area contributed by atoms with Gasteiger partial charge in [-0.15, -0.1) is 0 Å². The lowest BCUT2D eigenvalue weighted by molar-refractivity contribution is 0.668. The van der Waals surface area contributed by atoms with E-state index in [1.54, 1.807) is 0 Å². The second-order valence-corrected chi connectivity index (χ2v) is 6.47. The minimum Gasteiger partial charge on any atom is -0.456 e. The molecule has 0 radical (unpaired) electrons. The Balaban J connectivity index is 1.62. The number of para-hydroxylation sites is 1. The van der Waals surface area contributed by atoms with Crippen LogP contribution in [0.15, 0.2) is 87.2 Å². The lowest BCUT2D eigenvalue weighted by Gasteiger charge is -2.19. The molecule has 26 heavy (non-hydrogen) atoms. The molecule has 1 N–H and O–H groups in total. The largest absolute Gasteiger partial charge is 0.456 e. The van der Waals surface area contributed by atoms with Crippen molar-refractivity contribution in [1.29, 1.82) is 0 Å². The first-order valence-corrected chi connectivity index (χ1v) is 8.70. The summed E-state index contributed by atoms with van der Waals surface area (Å²) in [5.74, 6) is 0.716. The summed E-state index contributed by atoms with van der Waals surface area (Å²) in [5, 5.41) is 5.51. The van der Waals surface area contributed by atoms with E-state index in [-0.39, 0.29) is 0 Å². The van der Waals surface area contributed by atoms with Crippen LogP contribution in [0.2, 0.25) is 0 Å². The van der Waals surface area contributed by atoms with Crippen molar-refractivity contribution in [2.24, 2.45) is 9.98 Å². The quantitative estimate of drug-likeness (QED) is 0.498. The number of furan rings is 1. The van der Waals surface area contributed by atoms with Gasteiger partial charge < -0.3 is 9.73 Å². The van der Waals surface area contributed by atoms with E-state index in [0.717, 1.165) is 33.1 Å². The predicted octanol–water partition coefficient (Wildman–Crippen LogP) is 5.23. The molecular formula is C21H14ClN3O. The van der Waals surface area contributed by atoms with Gasteiger partial charge in [-0.1, -0.05) is 54.6 Å². The van der Waals surface area contributed by atoms with E-state index < -0.39 is 6.17 Å². The summed E-state index contributed by atoms with van der Waals surface area (Å²) < 4.78 is 5.90. The molecular weight excluding hydrogens is 346 g/mol. The maximum Gasteiger partial charge on any atom is 0.199 e. The Morgan fingerprint density at radius 2 is 1.58 bits per heavy atom. The lowest BCUT2D eigenvalue weighted by atomic mass is 10.1. The van der Waals surface area contributed by atoms with E-state index in [0.29, 0.717) is 11.1 Å². The Morgan fingerprint density at radius 3 is 2.46 bits per heavy atom. The third kappa shape index (κ3) is 2.55. The monoisotopic (exact) mass is 359 g/mol. The highest BCUT2D eigenvalue weighted by Gasteiger charge is 2.19. The standard InChI is InChI=1S/C21H14ClN3O/c22-21-24-19(13-6-2-1-3-7-13)23-20(25-21)14-10-11-18-16(12-14)15-8-4-5-9-17(15)26-18/h1-12,20H,(H,23,24,25). The SMILES string of the molecule is ClC1=NC(c2ccc3oc4ccccc4c3c2)N=C(c2ccccc2)N1. The van der Waals surface area contributed by atoms with Gasteiger partial charge in [0, 0.05) is 16.3 Å². The minimum atomic E-state index is -0.392. The molecule has 0 saturated heterocycles. The predicted molar refractivity (Wildman–Crippen MR) is 106 cm³/mol. The van der Waals surface area contributed by atoms with Gasteiger partial charge in [-0.25, -0.2) is 9.98 Å². The van der Waals surface area contributed by atoms with E-state index in [4.69, 9.17) is 21.0 Å². The summed E-state index contributed by atoms with van der Waals surface area (Å²) in [6.07, 6.45) is -0.392. The molecule has 1 atom stereocenters. The Labute approximate surface area is 154 Å². The summed E-state index contributed by atoms with van der Waals surface area (Å²) in [4.78, 5) is 9.20. The maximum absolute atomic E-state index is 6.24. The molecule has 1 unspecified atom stereocenters. The van der Waals surface area contributed by atoms with Crippen molar-refractivity contribution in [3.63, 3.8) is 0 Å². The summed E-state index contributed by atoms with van der Waals surface area (Å²) in [6, 6.07) is 23.9. The molecule has 4 aromatic rings. The van der Waals surface area contributed by atoms with Crippen LogP contribution in [0.25, 0.3) is 21.9 Å². The molecule has 0 spiro atoms. The highest BCUT2D eigenvalue weighted by atomic mass is 35.5. The van der Waals surface area contributed by atoms with E-state index in [2.05, 4.69) is 22.4 Å². The van der Waals surface area contributed by atoms with Crippen LogP contribution < -0.4 is 5.32 Å². The molecule has 0 bridgehead atoms. The first kappa shape index (κ1) is 15.2. The molecule has 0 fully saturated rings. The molecule has 0 aliphatic carbocycles. The van der Waals surface area contributed by atoms with Gasteiger partial charge >= 0.3 is 0 Å². The van der Waals surface area contributed by atoms with Gasteiger partial charge in [0.2, 0.25) is 0 Å². The number of rotatable bonds is 2. The van der Waals surface area contributed by atoms with Crippen molar-refractivity contribution in [2.75, 3.05) is 0 Å². The number of benzene rings is 3. The third-order valence-corrected chi connectivity index (χ3v) is 4.65. The maximum atomic E-state index is 6.24. The van der Waals surface area contributed by atoms with E-state index in [9.17, 15) is 0 Å². The van der Waals surface area contributed by atoms with E-state index in [1.165, 1.54) is 0 Å². The Kier molecular flexibility index (Phi) is 3.50. The minimum absolute atomic E-state index is 0.334. The first-order valence-electron chi connectivity index (χ1n) is 8.33. The summed E-state index contributed by atoms with van der Waals surface area (Å²) in [7, 11) is 0. The molecule has 1 aliphatic heterocycles. The van der Waals surface area contributed by atoms with Gasteiger partial charge in [-0.3, -0.25) is 0 Å². The normalized spacial score (nSPS) is 17.0. The second kappa shape index (κ2) is 6.00. The molecule has 4 nitrogen and oxygen atoms in total. The van der Waals surface area contributed by atoms with Crippen molar-refractivity contribution in [1.82, 2.24) is 5.32 Å². The number of fused-ring (bicyclic) bond motifs is 3. The van der Waals surface area contributed by atoms with Crippen LogP contribution in [0.1, 0.15) is 17.3 Å². The number of nitrogens with zero attached hydrogens (tertiary/aromatic N) is 2. The summed E-state index contributed by atoms with van der Waals surface area (Å²) >= 11 is 6.24. The van der Waals surface area contributed by atoms with Crippen LogP contribution in [-0.2, 0) is 0 Å². The molecule has 2 heterocycles. The number of aliphatic imine (C=N–C) groups is 2. The Hall–Kier alpha value is -3.11. The summed E-state index contributed by atoms with van der Waals surface area (Å²) in [5.41, 5.74) is 3.67. The van der Waals surface area contributed by atoms with Gasteiger partial charge in [0.25, 0.3) is 0 Å². The lowest BCUT2D eigenvalue weighted by Crippen LogP contribution is -2.32. The van der Waals surface area contributed by atoms with Crippen LogP contribution in [0.4, 0.5) is 0 Å². The van der Waals surface area contributed by atoms with Crippen molar-refractivity contribution >= 4 is 44.7 Å². The van der Waals surface area contributed by atoms with Gasteiger partial charge in [0.15, 0.2) is 11.5 Å². The fourth-order valence-corrected chi connectivity index (χ4v) is 3.40. The average molecular weight is 360 g/mol. The van der Waals surface area contributed by atoms with Gasteiger partial charge in [0.05, 0.1) is 0 Å². The number of nitrogens with one attached hydrogen (secondary N) is 1. The first-order chi connectivity index (χ1) is 12.8. The fourth-order valence-electron chi connectivity index (χ4n) is 3.22. The second-order valence-electron chi connectivity index (χ2n) is 6.12. The molecule has 0 saturated carbocycles. The van der Waals surface area contributed by atoms with Crippen LogP contribution in [0.5, 0.6) is 0 Å². The molecule has 5 rings (SSSR count). The molecule has 1 aromatic heterocycles. The molecule has 3 aromatic carbocycles. The van der Waals surface area contributed by atoms with Crippen LogP contribution in [0.3, 0.4) is 0 Å². The van der Waals surface area contributed by atoms with E-state index >= 15 is 0 Å². The number of hydrogen-bond donors (Lipinski definition) is 1. The van der Waals surface area contributed by atoms with Gasteiger partial charge in [-0.05, 0) is 35.4 Å². The number of halogens is 1. The topological polar surface area (TPSA) is 49.9 Å². The smallest absolute Gasteiger partial charge is 0.199 e. The number of amidine groups is 2. The third-order valence-electron chi connectivity index (χ3n) is 4.45. The molecule has 126 valence electrons. The highest BCUT2D eigenvalue weighted by Crippen LogP contribution is 2.32. The van der Waals surface area contributed by atoms with Gasteiger partial charge in [-0.2, -0.15) is 0 Å². The molecule has 0 amide bonds. The fraction of sp³-hybridized carbons (Fsp3) is 0.0476. The summed E-state index contributed by atoms with van der Waals surface area (Å²) in [6.45, 7) is 0. The Morgan fingerprint density at radius 1 is 0.808 bits per heavy atom. The highest BCUT2D eigenvalue weighted by molar-refractivity contribution is 6.66. The molecule has 5 heteroatoms. The van der Waals surface area contributed by atoms with E-state index in [1.807, 2.05) is 60.7 Å². The van der Waals surface area contributed by atoms with Crippen LogP contribution in [0, 0.1) is 0 Å². The molecule has 1 aliphatic rings. The van der Waals surface area contributed by atoms with Gasteiger partial charge in [0.1, 0.15) is 17.0 Å². The zero-order chi connectivity index (χ0) is 17.5. The average Bonchev–Trinajstić information content (AvgIpc) is 3.06. The van der Waals surface area contributed by atoms with Crippen molar-refractivity contribution < 1.29 is 4.42 Å². The van der Waals surface area contributed by atoms with Crippen molar-refractivity contribution in [3.05, 3.63) is 83.9 Å². The zero-order valence-corrected chi connectivity index (χ0v) is 14.4. The van der Waals surface area contributed by atoms with Crippen LogP contribution >= 0.6 is 11.6 Å². The van der Waals surface area contributed by atoms with Crippen molar-refractivity contribution in [3.8, 4) is 0 Å². The van der Waals surface area contributed by atoms with Crippen LogP contribution in [-0.4, -0.2) is 11.1 Å². The zero-order valence-electron chi connectivity index (χ0n) is 13.7. The Bertz CT molecular complexity index is 1180.